The third-order valence-electron chi connectivity index (χ3n) is 3.72. The first-order chi connectivity index (χ1) is 11.8. The van der Waals surface area contributed by atoms with E-state index in [1.165, 1.54) is 6.07 Å². The molecule has 0 bridgehead atoms. The van der Waals surface area contributed by atoms with E-state index in [4.69, 9.17) is 4.74 Å². The predicted octanol–water partition coefficient (Wildman–Crippen LogP) is 2.15. The van der Waals surface area contributed by atoms with Gasteiger partial charge in [-0.25, -0.2) is 13.1 Å². The van der Waals surface area contributed by atoms with Crippen LogP contribution in [0, 0.1) is 20.8 Å². The van der Waals surface area contributed by atoms with Gasteiger partial charge in [0, 0.05) is 13.1 Å². The molecule has 1 aromatic heterocycles. The van der Waals surface area contributed by atoms with E-state index in [2.05, 4.69) is 10.0 Å². The molecule has 1 heterocycles. The molecule has 0 saturated carbocycles. The maximum Gasteiger partial charge on any atom is 0.257 e. The van der Waals surface area contributed by atoms with Crippen LogP contribution in [0.1, 0.15) is 16.7 Å². The SMILES string of the molecule is Cc1ccc(C)c(OCC(=O)NCCNS(=O)(=O)c2cccs2)c1C. The van der Waals surface area contributed by atoms with Crippen LogP contribution >= 0.6 is 11.3 Å². The Balaban J connectivity index is 1.76. The highest BCUT2D eigenvalue weighted by atomic mass is 32.2. The standard InChI is InChI=1S/C17H22N2O4S2/c1-12-6-7-13(2)17(14(12)3)23-11-15(20)18-8-9-19-25(21,22)16-5-4-10-24-16/h4-7,10,19H,8-9,11H2,1-3H3,(H,18,20). The Kier molecular flexibility index (Phi) is 6.57. The lowest BCUT2D eigenvalue weighted by molar-refractivity contribution is -0.123. The van der Waals surface area contributed by atoms with Gasteiger partial charge in [0.2, 0.25) is 10.0 Å². The van der Waals surface area contributed by atoms with Crippen molar-refractivity contribution in [1.29, 1.82) is 0 Å². The second kappa shape index (κ2) is 8.46. The quantitative estimate of drug-likeness (QED) is 0.685. The number of rotatable bonds is 8. The van der Waals surface area contributed by atoms with Crippen LogP contribution in [0.4, 0.5) is 0 Å². The molecule has 0 unspecified atom stereocenters. The van der Waals surface area contributed by atoms with Crippen LogP contribution < -0.4 is 14.8 Å². The fourth-order valence-electron chi connectivity index (χ4n) is 2.21. The van der Waals surface area contributed by atoms with Gasteiger partial charge >= 0.3 is 0 Å². The molecule has 2 aromatic rings. The van der Waals surface area contributed by atoms with Crippen LogP contribution in [-0.4, -0.2) is 34.0 Å². The number of hydrogen-bond donors (Lipinski definition) is 2. The number of thiophene rings is 1. The summed E-state index contributed by atoms with van der Waals surface area (Å²) in [5.74, 6) is 0.421. The normalized spacial score (nSPS) is 11.3. The average Bonchev–Trinajstić information content (AvgIpc) is 3.11. The number of aryl methyl sites for hydroxylation is 2. The lowest BCUT2D eigenvalue weighted by atomic mass is 10.1. The first-order valence-corrected chi connectivity index (χ1v) is 10.2. The van der Waals surface area contributed by atoms with Gasteiger partial charge in [-0.1, -0.05) is 18.2 Å². The monoisotopic (exact) mass is 382 g/mol. The molecule has 0 aliphatic rings. The fraction of sp³-hybridized carbons (Fsp3) is 0.353. The molecule has 2 N–H and O–H groups in total. The summed E-state index contributed by atoms with van der Waals surface area (Å²) >= 11 is 1.15. The summed E-state index contributed by atoms with van der Waals surface area (Å²) in [4.78, 5) is 11.9. The Morgan fingerprint density at radius 2 is 1.84 bits per heavy atom. The molecule has 2 rings (SSSR count). The Morgan fingerprint density at radius 3 is 2.52 bits per heavy atom. The van der Waals surface area contributed by atoms with Crippen LogP contribution in [0.2, 0.25) is 0 Å². The molecule has 0 atom stereocenters. The first kappa shape index (κ1) is 19.4. The highest BCUT2D eigenvalue weighted by Gasteiger charge is 2.14. The number of hydrogen-bond acceptors (Lipinski definition) is 5. The molecule has 0 aliphatic heterocycles. The summed E-state index contributed by atoms with van der Waals surface area (Å²) < 4.78 is 32.2. The molecule has 0 radical (unpaired) electrons. The van der Waals surface area contributed by atoms with Crippen LogP contribution in [0.5, 0.6) is 5.75 Å². The smallest absolute Gasteiger partial charge is 0.257 e. The van der Waals surface area contributed by atoms with Gasteiger partial charge in [0.1, 0.15) is 9.96 Å². The average molecular weight is 383 g/mol. The lowest BCUT2D eigenvalue weighted by Crippen LogP contribution is -2.36. The van der Waals surface area contributed by atoms with Gasteiger partial charge < -0.3 is 10.1 Å². The molecule has 6 nitrogen and oxygen atoms in total. The number of sulfonamides is 1. The van der Waals surface area contributed by atoms with E-state index in [-0.39, 0.29) is 29.8 Å². The molecule has 1 amide bonds. The maximum absolute atomic E-state index is 11.9. The van der Waals surface area contributed by atoms with Gasteiger partial charge in [-0.15, -0.1) is 11.3 Å². The number of carbonyl (C=O) groups is 1. The highest BCUT2D eigenvalue weighted by Crippen LogP contribution is 2.25. The zero-order valence-corrected chi connectivity index (χ0v) is 16.1. The van der Waals surface area contributed by atoms with Crippen LogP contribution in [0.3, 0.4) is 0 Å². The molecular formula is C17H22N2O4S2. The van der Waals surface area contributed by atoms with Gasteiger partial charge in [-0.3, -0.25) is 4.79 Å². The molecule has 0 saturated heterocycles. The van der Waals surface area contributed by atoms with Crippen molar-refractivity contribution in [3.05, 3.63) is 46.3 Å². The molecule has 8 heteroatoms. The second-order valence-electron chi connectivity index (χ2n) is 5.62. The van der Waals surface area contributed by atoms with Crippen molar-refractivity contribution in [3.8, 4) is 5.75 Å². The summed E-state index contributed by atoms with van der Waals surface area (Å²) in [7, 11) is -3.50. The van der Waals surface area contributed by atoms with Gasteiger partial charge in [-0.2, -0.15) is 0 Å². The molecule has 0 aliphatic carbocycles. The summed E-state index contributed by atoms with van der Waals surface area (Å²) in [6.07, 6.45) is 0. The van der Waals surface area contributed by atoms with Crippen LogP contribution in [-0.2, 0) is 14.8 Å². The van der Waals surface area contributed by atoms with Gasteiger partial charge in [0.05, 0.1) is 0 Å². The van der Waals surface area contributed by atoms with Gasteiger partial charge in [-0.05, 0) is 48.9 Å². The molecular weight excluding hydrogens is 360 g/mol. The van der Waals surface area contributed by atoms with Crippen molar-refractivity contribution in [2.45, 2.75) is 25.0 Å². The zero-order chi connectivity index (χ0) is 18.4. The van der Waals surface area contributed by atoms with Crippen molar-refractivity contribution >= 4 is 27.3 Å². The number of carbonyl (C=O) groups excluding carboxylic acids is 1. The zero-order valence-electron chi connectivity index (χ0n) is 14.5. The third-order valence-corrected chi connectivity index (χ3v) is 6.58. The summed E-state index contributed by atoms with van der Waals surface area (Å²) in [6.45, 7) is 6.07. The summed E-state index contributed by atoms with van der Waals surface area (Å²) in [6, 6.07) is 7.17. The van der Waals surface area contributed by atoms with Gasteiger partial charge in [0.25, 0.3) is 5.91 Å². The Labute approximate surface area is 152 Å². The van der Waals surface area contributed by atoms with E-state index < -0.39 is 10.0 Å². The Bertz CT molecular complexity index is 831. The molecule has 0 spiro atoms. The van der Waals surface area contributed by atoms with E-state index in [0.29, 0.717) is 5.75 Å². The van der Waals surface area contributed by atoms with Crippen molar-refractivity contribution in [2.24, 2.45) is 0 Å². The van der Waals surface area contributed by atoms with Gasteiger partial charge in [0.15, 0.2) is 6.61 Å². The van der Waals surface area contributed by atoms with E-state index in [1.54, 1.807) is 11.4 Å². The van der Waals surface area contributed by atoms with Crippen molar-refractivity contribution < 1.29 is 17.9 Å². The predicted molar refractivity (Wildman–Crippen MR) is 98.7 cm³/mol. The number of nitrogens with one attached hydrogen (secondary N) is 2. The number of amides is 1. The summed E-state index contributed by atoms with van der Waals surface area (Å²) in [5.41, 5.74) is 3.08. The fourth-order valence-corrected chi connectivity index (χ4v) is 4.28. The van der Waals surface area contributed by atoms with E-state index >= 15 is 0 Å². The lowest BCUT2D eigenvalue weighted by Gasteiger charge is -2.14. The van der Waals surface area contributed by atoms with E-state index in [9.17, 15) is 13.2 Å². The Morgan fingerprint density at radius 1 is 1.12 bits per heavy atom. The van der Waals surface area contributed by atoms with E-state index in [0.717, 1.165) is 28.0 Å². The minimum Gasteiger partial charge on any atom is -0.483 e. The first-order valence-electron chi connectivity index (χ1n) is 7.81. The van der Waals surface area contributed by atoms with Crippen LogP contribution in [0.25, 0.3) is 0 Å². The van der Waals surface area contributed by atoms with Crippen LogP contribution in [0.15, 0.2) is 33.9 Å². The summed E-state index contributed by atoms with van der Waals surface area (Å²) in [5, 5.41) is 4.33. The van der Waals surface area contributed by atoms with Crippen molar-refractivity contribution in [2.75, 3.05) is 19.7 Å². The topological polar surface area (TPSA) is 84.5 Å². The number of ether oxygens (including phenoxy) is 1. The molecule has 0 fully saturated rings. The van der Waals surface area contributed by atoms with Crippen molar-refractivity contribution in [1.82, 2.24) is 10.0 Å². The Hall–Kier alpha value is -1.90. The minimum absolute atomic E-state index is 0.108. The molecule has 136 valence electrons. The largest absolute Gasteiger partial charge is 0.483 e. The second-order valence-corrected chi connectivity index (χ2v) is 8.56. The van der Waals surface area contributed by atoms with E-state index in [1.807, 2.05) is 32.9 Å². The third kappa shape index (κ3) is 5.29. The molecule has 25 heavy (non-hydrogen) atoms. The minimum atomic E-state index is -3.50. The highest BCUT2D eigenvalue weighted by molar-refractivity contribution is 7.91. The molecule has 1 aromatic carbocycles. The number of benzene rings is 1. The van der Waals surface area contributed by atoms with Crippen molar-refractivity contribution in [3.63, 3.8) is 0 Å². The maximum atomic E-state index is 11.9.